The van der Waals surface area contributed by atoms with Gasteiger partial charge in [0.2, 0.25) is 0 Å². The molecule has 0 saturated heterocycles. The first-order valence-electron chi connectivity index (χ1n) is 6.41. The summed E-state index contributed by atoms with van der Waals surface area (Å²) >= 11 is 5.99. The van der Waals surface area contributed by atoms with E-state index in [1.807, 2.05) is 18.2 Å². The van der Waals surface area contributed by atoms with Crippen LogP contribution in [0.25, 0.3) is 0 Å². The van der Waals surface area contributed by atoms with Gasteiger partial charge in [-0.15, -0.1) is 0 Å². The number of hydrogen-bond donors (Lipinski definition) is 0. The van der Waals surface area contributed by atoms with Crippen LogP contribution in [0.3, 0.4) is 0 Å². The van der Waals surface area contributed by atoms with Crippen LogP contribution >= 0.6 is 11.6 Å². The Bertz CT molecular complexity index is 562. The van der Waals surface area contributed by atoms with Crippen LogP contribution in [0.4, 0.5) is 0 Å². The standard InChI is InChI=1S/C14H16ClN3/c1-10-4-2-7-14-16-13(17-18(10)14)9-11-5-3-6-12(15)8-11/h3,5-6,8,10H,2,4,7,9H2,1H3. The number of hydrogen-bond acceptors (Lipinski definition) is 2. The molecule has 1 atom stereocenters. The fraction of sp³-hybridized carbons (Fsp3) is 0.429. The third-order valence-corrected chi connectivity index (χ3v) is 3.67. The molecule has 3 rings (SSSR count). The molecule has 1 unspecified atom stereocenters. The molecule has 1 aromatic heterocycles. The van der Waals surface area contributed by atoms with Crippen molar-refractivity contribution in [3.05, 3.63) is 46.5 Å². The van der Waals surface area contributed by atoms with E-state index >= 15 is 0 Å². The highest BCUT2D eigenvalue weighted by atomic mass is 35.5. The molecule has 2 aromatic rings. The second-order valence-electron chi connectivity index (χ2n) is 4.94. The first-order valence-corrected chi connectivity index (χ1v) is 6.79. The van der Waals surface area contributed by atoms with Crippen molar-refractivity contribution >= 4 is 11.6 Å². The summed E-state index contributed by atoms with van der Waals surface area (Å²) in [7, 11) is 0. The molecule has 18 heavy (non-hydrogen) atoms. The summed E-state index contributed by atoms with van der Waals surface area (Å²) in [6.07, 6.45) is 4.23. The van der Waals surface area contributed by atoms with Crippen LogP contribution in [0.15, 0.2) is 24.3 Å². The van der Waals surface area contributed by atoms with E-state index in [0.717, 1.165) is 35.1 Å². The van der Waals surface area contributed by atoms with Gasteiger partial charge in [0, 0.05) is 17.9 Å². The van der Waals surface area contributed by atoms with Gasteiger partial charge in [-0.05, 0) is 37.5 Å². The average molecular weight is 262 g/mol. The average Bonchev–Trinajstić information content (AvgIpc) is 2.73. The van der Waals surface area contributed by atoms with Crippen molar-refractivity contribution in [1.82, 2.24) is 14.8 Å². The van der Waals surface area contributed by atoms with Gasteiger partial charge in [-0.3, -0.25) is 0 Å². The molecule has 1 aliphatic rings. The van der Waals surface area contributed by atoms with Crippen LogP contribution in [0.2, 0.25) is 5.02 Å². The zero-order chi connectivity index (χ0) is 12.5. The van der Waals surface area contributed by atoms with Crippen LogP contribution < -0.4 is 0 Å². The minimum atomic E-state index is 0.481. The van der Waals surface area contributed by atoms with E-state index in [1.54, 1.807) is 0 Å². The Balaban J connectivity index is 1.85. The zero-order valence-electron chi connectivity index (χ0n) is 10.4. The van der Waals surface area contributed by atoms with Crippen LogP contribution in [-0.4, -0.2) is 14.8 Å². The van der Waals surface area contributed by atoms with E-state index in [1.165, 1.54) is 12.8 Å². The highest BCUT2D eigenvalue weighted by molar-refractivity contribution is 6.30. The summed E-state index contributed by atoms with van der Waals surface area (Å²) in [5.41, 5.74) is 1.16. The number of halogens is 1. The normalized spacial score (nSPS) is 18.7. The van der Waals surface area contributed by atoms with Crippen LogP contribution in [0, 0.1) is 0 Å². The predicted molar refractivity (Wildman–Crippen MR) is 71.9 cm³/mol. The summed E-state index contributed by atoms with van der Waals surface area (Å²) in [6, 6.07) is 8.38. The van der Waals surface area contributed by atoms with E-state index in [-0.39, 0.29) is 0 Å². The third kappa shape index (κ3) is 2.27. The predicted octanol–water partition coefficient (Wildman–Crippen LogP) is 3.42. The largest absolute Gasteiger partial charge is 0.247 e. The second-order valence-corrected chi connectivity index (χ2v) is 5.37. The minimum absolute atomic E-state index is 0.481. The lowest BCUT2D eigenvalue weighted by Gasteiger charge is -2.18. The van der Waals surface area contributed by atoms with E-state index in [0.29, 0.717) is 6.04 Å². The van der Waals surface area contributed by atoms with Crippen molar-refractivity contribution < 1.29 is 0 Å². The molecular formula is C14H16ClN3. The Labute approximate surface area is 112 Å². The smallest absolute Gasteiger partial charge is 0.155 e. The zero-order valence-corrected chi connectivity index (χ0v) is 11.2. The van der Waals surface area contributed by atoms with Gasteiger partial charge in [0.1, 0.15) is 5.82 Å². The number of nitrogens with zero attached hydrogens (tertiary/aromatic N) is 3. The van der Waals surface area contributed by atoms with Crippen molar-refractivity contribution in [2.75, 3.05) is 0 Å². The van der Waals surface area contributed by atoms with E-state index < -0.39 is 0 Å². The molecule has 0 N–H and O–H groups in total. The highest BCUT2D eigenvalue weighted by Gasteiger charge is 2.19. The fourth-order valence-corrected chi connectivity index (χ4v) is 2.72. The number of rotatable bonds is 2. The summed E-state index contributed by atoms with van der Waals surface area (Å²) in [4.78, 5) is 4.63. The molecule has 2 heterocycles. The molecule has 0 amide bonds. The molecule has 0 aliphatic carbocycles. The molecule has 4 heteroatoms. The van der Waals surface area contributed by atoms with Crippen molar-refractivity contribution in [2.24, 2.45) is 0 Å². The molecule has 0 spiro atoms. The van der Waals surface area contributed by atoms with Gasteiger partial charge in [-0.1, -0.05) is 23.7 Å². The third-order valence-electron chi connectivity index (χ3n) is 3.44. The number of aromatic nitrogens is 3. The number of aryl methyl sites for hydroxylation is 1. The summed E-state index contributed by atoms with van der Waals surface area (Å²) in [5, 5.41) is 5.39. The Kier molecular flexibility index (Phi) is 3.08. The van der Waals surface area contributed by atoms with Gasteiger partial charge in [0.05, 0.1) is 6.04 Å². The quantitative estimate of drug-likeness (QED) is 0.829. The topological polar surface area (TPSA) is 30.7 Å². The lowest BCUT2D eigenvalue weighted by Crippen LogP contribution is -2.16. The van der Waals surface area contributed by atoms with Crippen LogP contribution in [0.5, 0.6) is 0 Å². The molecule has 0 saturated carbocycles. The van der Waals surface area contributed by atoms with Gasteiger partial charge < -0.3 is 0 Å². The first kappa shape index (κ1) is 11.7. The molecule has 1 aliphatic heterocycles. The van der Waals surface area contributed by atoms with Gasteiger partial charge in [0.25, 0.3) is 0 Å². The number of fused-ring (bicyclic) bond motifs is 1. The second kappa shape index (κ2) is 4.73. The van der Waals surface area contributed by atoms with Gasteiger partial charge in [0.15, 0.2) is 5.82 Å². The van der Waals surface area contributed by atoms with Gasteiger partial charge >= 0.3 is 0 Å². The Morgan fingerprint density at radius 3 is 3.11 bits per heavy atom. The fourth-order valence-electron chi connectivity index (χ4n) is 2.51. The summed E-state index contributed by atoms with van der Waals surface area (Å²) in [5.74, 6) is 2.03. The lowest BCUT2D eigenvalue weighted by atomic mass is 10.1. The van der Waals surface area contributed by atoms with Crippen molar-refractivity contribution in [1.29, 1.82) is 0 Å². The highest BCUT2D eigenvalue weighted by Crippen LogP contribution is 2.23. The maximum absolute atomic E-state index is 5.99. The molecule has 94 valence electrons. The Hall–Kier alpha value is -1.35. The van der Waals surface area contributed by atoms with Gasteiger partial charge in [-0.2, -0.15) is 5.10 Å². The van der Waals surface area contributed by atoms with Crippen molar-refractivity contribution in [3.8, 4) is 0 Å². The maximum Gasteiger partial charge on any atom is 0.155 e. The van der Waals surface area contributed by atoms with Gasteiger partial charge in [-0.25, -0.2) is 9.67 Å². The van der Waals surface area contributed by atoms with Crippen molar-refractivity contribution in [3.63, 3.8) is 0 Å². The molecule has 1 aromatic carbocycles. The molecule has 0 bridgehead atoms. The SMILES string of the molecule is CC1CCCc2nc(Cc3cccc(Cl)c3)nn21. The minimum Gasteiger partial charge on any atom is -0.247 e. The van der Waals surface area contributed by atoms with Crippen LogP contribution in [0.1, 0.15) is 43.0 Å². The molecule has 0 fully saturated rings. The summed E-state index contributed by atoms with van der Waals surface area (Å²) < 4.78 is 2.09. The molecule has 0 radical (unpaired) electrons. The van der Waals surface area contributed by atoms with Crippen molar-refractivity contribution in [2.45, 2.75) is 38.6 Å². The molecular weight excluding hydrogens is 246 g/mol. The van der Waals surface area contributed by atoms with E-state index in [2.05, 4.69) is 27.8 Å². The number of benzene rings is 1. The maximum atomic E-state index is 5.99. The van der Waals surface area contributed by atoms with E-state index in [4.69, 9.17) is 11.6 Å². The molecule has 3 nitrogen and oxygen atoms in total. The Morgan fingerprint density at radius 1 is 1.44 bits per heavy atom. The first-order chi connectivity index (χ1) is 8.72. The van der Waals surface area contributed by atoms with Crippen LogP contribution in [-0.2, 0) is 12.8 Å². The monoisotopic (exact) mass is 261 g/mol. The summed E-state index contributed by atoms with van der Waals surface area (Å²) in [6.45, 7) is 2.21. The Morgan fingerprint density at radius 2 is 2.33 bits per heavy atom. The van der Waals surface area contributed by atoms with E-state index in [9.17, 15) is 0 Å². The lowest BCUT2D eigenvalue weighted by molar-refractivity contribution is 0.387.